The zero-order valence-corrected chi connectivity index (χ0v) is 42.8. The number of rotatable bonds is 16. The molecule has 1 unspecified atom stereocenters. The molecule has 0 saturated heterocycles. The van der Waals surface area contributed by atoms with Gasteiger partial charge >= 0.3 is 32.2 Å². The number of nitrogens with zero attached hydrogens (tertiary/aromatic N) is 6. The van der Waals surface area contributed by atoms with E-state index in [4.69, 9.17) is 26.1 Å². The molecule has 0 aliphatic heterocycles. The molecule has 2 aliphatic carbocycles. The van der Waals surface area contributed by atoms with Crippen LogP contribution in [0, 0.1) is 29.4 Å². The third-order valence-electron chi connectivity index (χ3n) is 11.8. The monoisotopic (exact) mass is 1180 g/mol. The number of phosphoric ester groups is 1. The molecule has 3 aromatic heterocycles. The summed E-state index contributed by atoms with van der Waals surface area (Å²) in [6.07, 6.45) is -12.5. The van der Waals surface area contributed by atoms with Crippen molar-refractivity contribution in [3.05, 3.63) is 93.0 Å². The number of benzene rings is 2. The van der Waals surface area contributed by atoms with Crippen molar-refractivity contribution in [3.63, 3.8) is 0 Å². The minimum atomic E-state index is -5.27. The summed E-state index contributed by atoms with van der Waals surface area (Å²) >= 11 is 6.56. The lowest BCUT2D eigenvalue weighted by Gasteiger charge is -2.23. The Morgan fingerprint density at radius 3 is 2.18 bits per heavy atom. The molecule has 34 heteroatoms. The maximum atomic E-state index is 15.6. The van der Waals surface area contributed by atoms with Gasteiger partial charge in [0.15, 0.2) is 28.0 Å². The highest BCUT2D eigenvalue weighted by molar-refractivity contribution is 7.93. The van der Waals surface area contributed by atoms with Crippen molar-refractivity contribution in [2.45, 2.75) is 74.8 Å². The van der Waals surface area contributed by atoms with Crippen LogP contribution in [0.2, 0.25) is 5.02 Å². The molecule has 5 aromatic rings. The molecular formula is C43H37ClF10N7O13PS2. The maximum Gasteiger partial charge on any atom is 0.472 e. The zero-order valence-electron chi connectivity index (χ0n) is 39.5. The fourth-order valence-corrected chi connectivity index (χ4v) is 9.59. The predicted octanol–water partition coefficient (Wildman–Crippen LogP) is 6.80. The highest BCUT2D eigenvalue weighted by atomic mass is 35.5. The van der Waals surface area contributed by atoms with E-state index in [0.29, 0.717) is 12.3 Å². The second-order valence-corrected chi connectivity index (χ2v) is 23.9. The van der Waals surface area contributed by atoms with Crippen molar-refractivity contribution in [2.24, 2.45) is 5.92 Å². The molecule has 2 amide bonds. The number of sulfone groups is 1. The number of halogens is 11. The number of alkyl halides is 8. The van der Waals surface area contributed by atoms with Crippen LogP contribution in [0.1, 0.15) is 66.1 Å². The second kappa shape index (κ2) is 20.5. The number of phosphoric acid groups is 1. The van der Waals surface area contributed by atoms with Crippen LogP contribution in [0.4, 0.5) is 54.5 Å². The Balaban J connectivity index is 1.44. The molecule has 7 rings (SSSR count). The van der Waals surface area contributed by atoms with Gasteiger partial charge in [0.2, 0.25) is 22.7 Å². The topological polar surface area (TPSA) is 269 Å². The molecule has 3 heterocycles. The highest BCUT2D eigenvalue weighted by Gasteiger charge is 2.68. The van der Waals surface area contributed by atoms with E-state index >= 15 is 8.78 Å². The average Bonchev–Trinajstić information content (AvgIpc) is 3.82. The van der Waals surface area contributed by atoms with Crippen LogP contribution in [0.5, 0.6) is 0 Å². The van der Waals surface area contributed by atoms with Crippen LogP contribution in [-0.2, 0) is 79.6 Å². The van der Waals surface area contributed by atoms with Crippen LogP contribution < -0.4 is 9.62 Å². The van der Waals surface area contributed by atoms with E-state index in [0.717, 1.165) is 42.7 Å². The summed E-state index contributed by atoms with van der Waals surface area (Å²) in [6, 6.07) is 4.13. The van der Waals surface area contributed by atoms with Gasteiger partial charge in [-0.15, -0.1) is 0 Å². The zero-order chi connectivity index (χ0) is 57.3. The molecule has 3 N–H and O–H groups in total. The number of fused-ring (bicyclic) bond motifs is 4. The quantitative estimate of drug-likeness (QED) is 0.0301. The number of ether oxygens (including phenoxy) is 2. The van der Waals surface area contributed by atoms with Crippen molar-refractivity contribution in [2.75, 3.05) is 30.2 Å². The maximum absolute atomic E-state index is 15.6. The number of pyridine rings is 1. The Hall–Kier alpha value is -6.36. The number of carbonyl (C=O) groups is 3. The number of carbonyl (C=O) groups excluding carboxylic acids is 3. The first-order valence-electron chi connectivity index (χ1n) is 21.6. The lowest BCUT2D eigenvalue weighted by molar-refractivity contribution is -0.154. The van der Waals surface area contributed by atoms with Gasteiger partial charge in [-0.05, 0) is 74.4 Å². The molecule has 3 atom stereocenters. The summed E-state index contributed by atoms with van der Waals surface area (Å²) in [5, 5.41) is 8.04. The number of nitrogens with one attached hydrogen (secondary N) is 1. The molecule has 77 heavy (non-hydrogen) atoms. The van der Waals surface area contributed by atoms with Crippen LogP contribution in [0.15, 0.2) is 42.5 Å². The van der Waals surface area contributed by atoms with Gasteiger partial charge in [-0.2, -0.15) is 49.6 Å². The molecule has 0 bridgehead atoms. The van der Waals surface area contributed by atoms with Crippen molar-refractivity contribution in [1.29, 1.82) is 0 Å². The Kier molecular flexibility index (Phi) is 15.5. The minimum absolute atomic E-state index is 0.105. The second-order valence-electron chi connectivity index (χ2n) is 17.9. The first-order chi connectivity index (χ1) is 35.3. The summed E-state index contributed by atoms with van der Waals surface area (Å²) in [4.78, 5) is 61.9. The van der Waals surface area contributed by atoms with Gasteiger partial charge in [-0.1, -0.05) is 23.6 Å². The molecule has 2 aliphatic rings. The van der Waals surface area contributed by atoms with E-state index in [9.17, 15) is 70.9 Å². The van der Waals surface area contributed by atoms with Gasteiger partial charge in [0.05, 0.1) is 33.9 Å². The van der Waals surface area contributed by atoms with Gasteiger partial charge < -0.3 is 24.6 Å². The Morgan fingerprint density at radius 2 is 1.60 bits per heavy atom. The van der Waals surface area contributed by atoms with Crippen LogP contribution >= 0.6 is 19.4 Å². The number of aromatic nitrogens is 5. The van der Waals surface area contributed by atoms with E-state index in [2.05, 4.69) is 41.6 Å². The van der Waals surface area contributed by atoms with E-state index in [-0.39, 0.29) is 31.3 Å². The Morgan fingerprint density at radius 1 is 0.961 bits per heavy atom. The predicted molar refractivity (Wildman–Crippen MR) is 246 cm³/mol. The van der Waals surface area contributed by atoms with E-state index in [1.54, 1.807) is 0 Å². The lowest BCUT2D eigenvalue weighted by atomic mass is 9.93. The fourth-order valence-electron chi connectivity index (χ4n) is 8.16. The summed E-state index contributed by atoms with van der Waals surface area (Å²) in [6.45, 7) is -4.01. The fraction of sp³-hybridized carbons (Fsp3) is 0.395. The number of sulfonamides is 1. The van der Waals surface area contributed by atoms with Crippen molar-refractivity contribution >= 4 is 74.0 Å². The Labute approximate surface area is 432 Å². The largest absolute Gasteiger partial charge is 0.472 e. The first-order valence-corrected chi connectivity index (χ1v) is 27.3. The van der Waals surface area contributed by atoms with Crippen molar-refractivity contribution in [1.82, 2.24) is 29.9 Å². The molecule has 1 fully saturated rings. The molecule has 20 nitrogen and oxygen atoms in total. The summed E-state index contributed by atoms with van der Waals surface area (Å²) in [5.74, 6) is -8.28. The first kappa shape index (κ1) is 58.3. The van der Waals surface area contributed by atoms with Crippen molar-refractivity contribution < 1.29 is 103 Å². The molecule has 416 valence electrons. The molecule has 0 spiro atoms. The molecule has 1 saturated carbocycles. The number of hydrogen-bond acceptors (Lipinski definition) is 14. The number of anilines is 1. The summed E-state index contributed by atoms with van der Waals surface area (Å²) in [7, 11) is -14.3. The van der Waals surface area contributed by atoms with Gasteiger partial charge in [-0.25, -0.2) is 49.3 Å². The smallest absolute Gasteiger partial charge is 0.436 e. The van der Waals surface area contributed by atoms with Gasteiger partial charge in [0.25, 0.3) is 5.92 Å². The van der Waals surface area contributed by atoms with Gasteiger partial charge in [0.1, 0.15) is 40.9 Å². The average molecular weight is 1180 g/mol. The summed E-state index contributed by atoms with van der Waals surface area (Å²) < 4.78 is 221. The highest BCUT2D eigenvalue weighted by Crippen LogP contribution is 2.68. The van der Waals surface area contributed by atoms with E-state index in [1.807, 2.05) is 0 Å². The third kappa shape index (κ3) is 12.8. The minimum Gasteiger partial charge on any atom is -0.436 e. The van der Waals surface area contributed by atoms with Crippen LogP contribution in [0.3, 0.4) is 0 Å². The number of hydrogen-bond donors (Lipinski definition) is 3. The van der Waals surface area contributed by atoms with Gasteiger partial charge in [0, 0.05) is 34.9 Å². The number of amides is 2. The summed E-state index contributed by atoms with van der Waals surface area (Å²) in [5.41, 5.74) is -6.67. The standard InChI is InChI=1S/C43H37ClF10N7O13PS2/c1-40(2,76(3,68)69)10-9-23-5-6-24(25-7-8-28(44)33-35(25)60(18-41(47,48)49)58-38(33)61(77(4,70)71)39(64)72-17-31(63)73-19-74-75(65,66)67)34(55-23)29(13-20-11-21(45)14-22(46)12-20)56-30(62)16-59-37-32(36(57-59)43(52,53)54)26-15-27(26)42(37,50)51/h5-8,11-12,14,26-27,29H,13,15-19H2,1-4H3,(H,56,62)(H2,65,66,67)/t26-,27+,29?/m0/s1. The number of esters is 1. The van der Waals surface area contributed by atoms with Crippen molar-refractivity contribution in [3.8, 4) is 23.0 Å². The normalized spacial score (nSPS) is 16.7. The Bertz CT molecular complexity index is 3580. The SMILES string of the molecule is CC(C)(C#Cc1ccc(-c2ccc(Cl)c3c(N(C(=O)OCC(=O)OCOP(=O)(O)O)S(C)(=O)=O)nn(CC(F)(F)F)c23)c(C(Cc2cc(F)cc(F)c2)NC(=O)Cn2nc(C(F)(F)F)c3c2C(F)(F)[C@@H]2C[C@H]32)n1)S(C)(=O)=O. The molecule has 2 aromatic carbocycles. The molecule has 0 radical (unpaired) electrons. The van der Waals surface area contributed by atoms with E-state index in [1.165, 1.54) is 13.8 Å². The lowest BCUT2D eigenvalue weighted by Crippen LogP contribution is -2.38. The van der Waals surface area contributed by atoms with E-state index < -0.39 is 187 Å². The van der Waals surface area contributed by atoms with Crippen LogP contribution in [-0.4, -0.2) is 106 Å². The third-order valence-corrected chi connectivity index (χ3v) is 15.4. The van der Waals surface area contributed by atoms with Crippen LogP contribution in [0.25, 0.3) is 22.0 Å². The van der Waals surface area contributed by atoms with Gasteiger partial charge in [-0.3, -0.25) is 14.2 Å². The molecular weight excluding hydrogens is 1140 g/mol.